The van der Waals surface area contributed by atoms with Crippen molar-refractivity contribution in [1.29, 1.82) is 0 Å². The first-order valence-electron chi connectivity index (χ1n) is 11.2. The lowest BCUT2D eigenvalue weighted by Crippen LogP contribution is -2.30. The number of anilines is 1. The van der Waals surface area contributed by atoms with E-state index in [2.05, 4.69) is 0 Å². The molecular formula is C28H26ClNO6. The van der Waals surface area contributed by atoms with E-state index in [0.717, 1.165) is 5.56 Å². The number of aliphatic hydroxyl groups excluding tert-OH is 1. The zero-order valence-electron chi connectivity index (χ0n) is 20.6. The van der Waals surface area contributed by atoms with E-state index in [1.807, 2.05) is 6.92 Å². The number of benzene rings is 3. The van der Waals surface area contributed by atoms with Gasteiger partial charge in [-0.05, 0) is 73.0 Å². The van der Waals surface area contributed by atoms with Crippen LogP contribution in [0.5, 0.6) is 17.2 Å². The highest BCUT2D eigenvalue weighted by Gasteiger charge is 2.47. The lowest BCUT2D eigenvalue weighted by atomic mass is 9.94. The zero-order valence-corrected chi connectivity index (χ0v) is 21.3. The Hall–Kier alpha value is -3.97. The van der Waals surface area contributed by atoms with Gasteiger partial charge in [0.2, 0.25) is 0 Å². The van der Waals surface area contributed by atoms with Gasteiger partial charge in [-0.3, -0.25) is 14.5 Å². The second kappa shape index (κ2) is 9.95. The van der Waals surface area contributed by atoms with Crippen LogP contribution in [0.4, 0.5) is 5.69 Å². The van der Waals surface area contributed by atoms with Gasteiger partial charge in [0.25, 0.3) is 11.7 Å². The van der Waals surface area contributed by atoms with E-state index < -0.39 is 17.7 Å². The number of carbonyl (C=O) groups excluding carboxylic acids is 2. The van der Waals surface area contributed by atoms with E-state index >= 15 is 0 Å². The number of hydrogen-bond acceptors (Lipinski definition) is 6. The van der Waals surface area contributed by atoms with Crippen molar-refractivity contribution in [3.8, 4) is 17.2 Å². The molecule has 3 aromatic carbocycles. The number of carbonyl (C=O) groups is 2. The number of hydrogen-bond donors (Lipinski definition) is 1. The Kier molecular flexibility index (Phi) is 6.95. The molecule has 4 rings (SSSR count). The molecule has 0 saturated carbocycles. The summed E-state index contributed by atoms with van der Waals surface area (Å²) in [6.45, 7) is 3.60. The zero-order chi connectivity index (χ0) is 26.1. The molecule has 0 spiro atoms. The van der Waals surface area contributed by atoms with Crippen LogP contribution in [-0.2, 0) is 9.59 Å². The quantitative estimate of drug-likeness (QED) is 0.265. The number of ketones is 1. The van der Waals surface area contributed by atoms with Crippen LogP contribution < -0.4 is 19.1 Å². The second-order valence-electron chi connectivity index (χ2n) is 8.35. The minimum absolute atomic E-state index is 0.0452. The van der Waals surface area contributed by atoms with Crippen LogP contribution in [0.2, 0.25) is 5.02 Å². The highest BCUT2D eigenvalue weighted by atomic mass is 35.5. The highest BCUT2D eigenvalue weighted by Crippen LogP contribution is 2.45. The minimum atomic E-state index is -0.940. The van der Waals surface area contributed by atoms with Crippen molar-refractivity contribution < 1.29 is 28.9 Å². The number of aliphatic hydroxyl groups is 1. The van der Waals surface area contributed by atoms with E-state index in [1.165, 1.54) is 19.1 Å². The normalized spacial score (nSPS) is 16.8. The second-order valence-corrected chi connectivity index (χ2v) is 8.76. The number of rotatable bonds is 6. The molecule has 1 aliphatic heterocycles. The molecule has 1 saturated heterocycles. The van der Waals surface area contributed by atoms with Gasteiger partial charge in [0.05, 0.1) is 32.9 Å². The third kappa shape index (κ3) is 4.16. The molecule has 0 bridgehead atoms. The summed E-state index contributed by atoms with van der Waals surface area (Å²) in [5, 5.41) is 11.9. The summed E-state index contributed by atoms with van der Waals surface area (Å²) < 4.78 is 16.1. The van der Waals surface area contributed by atoms with Gasteiger partial charge < -0.3 is 19.3 Å². The molecule has 1 fully saturated rings. The maximum Gasteiger partial charge on any atom is 0.300 e. The smallest absolute Gasteiger partial charge is 0.300 e. The Bertz CT molecular complexity index is 1400. The molecule has 7 nitrogen and oxygen atoms in total. The maximum absolute atomic E-state index is 13.5. The molecule has 1 unspecified atom stereocenters. The van der Waals surface area contributed by atoms with Gasteiger partial charge in [-0.2, -0.15) is 0 Å². The average molecular weight is 508 g/mol. The first kappa shape index (κ1) is 25.1. The van der Waals surface area contributed by atoms with E-state index in [1.54, 1.807) is 68.6 Å². The number of nitrogens with zero attached hydrogens (tertiary/aromatic N) is 1. The van der Waals surface area contributed by atoms with Crippen LogP contribution in [0.25, 0.3) is 5.76 Å². The fourth-order valence-electron chi connectivity index (χ4n) is 4.46. The largest absolute Gasteiger partial charge is 0.507 e. The molecular weight excluding hydrogens is 482 g/mol. The Morgan fingerprint density at radius 1 is 0.889 bits per heavy atom. The highest BCUT2D eigenvalue weighted by molar-refractivity contribution is 6.52. The number of ether oxygens (including phenoxy) is 3. The van der Waals surface area contributed by atoms with Gasteiger partial charge in [0, 0.05) is 16.3 Å². The van der Waals surface area contributed by atoms with Gasteiger partial charge in [-0.15, -0.1) is 0 Å². The van der Waals surface area contributed by atoms with Crippen LogP contribution in [0.1, 0.15) is 28.3 Å². The third-order valence-electron chi connectivity index (χ3n) is 6.33. The van der Waals surface area contributed by atoms with Crippen molar-refractivity contribution in [3.05, 3.63) is 87.4 Å². The molecule has 1 N–H and O–H groups in total. The molecule has 1 heterocycles. The molecule has 1 atom stereocenters. The van der Waals surface area contributed by atoms with E-state index in [0.29, 0.717) is 44.6 Å². The summed E-state index contributed by atoms with van der Waals surface area (Å²) in [5.74, 6) is -0.322. The standard InChI is InChI=1S/C28H26ClNO6/c1-15-13-18(10-11-21(15)34-3)26(31)24-25(17-9-12-22(35-4)23(14-17)36-5)30(28(33)27(24)32)20-8-6-7-19(29)16(20)2/h6-14,25,31H,1-5H3/b26-24+. The maximum atomic E-state index is 13.5. The number of Topliss-reactive ketones (excluding diaryl/α,β-unsaturated/α-hetero) is 1. The molecule has 0 aromatic heterocycles. The number of amides is 1. The summed E-state index contributed by atoms with van der Waals surface area (Å²) >= 11 is 6.37. The van der Waals surface area contributed by atoms with Gasteiger partial charge in [-0.1, -0.05) is 23.7 Å². The Labute approximate surface area is 214 Å². The van der Waals surface area contributed by atoms with Crippen LogP contribution in [-0.4, -0.2) is 38.1 Å². The van der Waals surface area contributed by atoms with Crippen molar-refractivity contribution in [2.24, 2.45) is 0 Å². The van der Waals surface area contributed by atoms with Crippen molar-refractivity contribution in [1.82, 2.24) is 0 Å². The molecule has 8 heteroatoms. The average Bonchev–Trinajstić information content (AvgIpc) is 3.14. The molecule has 0 aliphatic carbocycles. The summed E-state index contributed by atoms with van der Waals surface area (Å²) in [6, 6.07) is 14.4. The first-order valence-corrected chi connectivity index (χ1v) is 11.5. The van der Waals surface area contributed by atoms with E-state index in [4.69, 9.17) is 25.8 Å². The summed E-state index contributed by atoms with van der Waals surface area (Å²) in [7, 11) is 4.57. The SMILES string of the molecule is COc1ccc(/C(O)=C2\C(=O)C(=O)N(c3cccc(Cl)c3C)C2c2ccc(OC)c(OC)c2)cc1C. The van der Waals surface area contributed by atoms with Crippen molar-refractivity contribution >= 4 is 34.7 Å². The van der Waals surface area contributed by atoms with Crippen molar-refractivity contribution in [3.63, 3.8) is 0 Å². The van der Waals surface area contributed by atoms with E-state index in [9.17, 15) is 14.7 Å². The topological polar surface area (TPSA) is 85.3 Å². The van der Waals surface area contributed by atoms with Gasteiger partial charge in [0.15, 0.2) is 11.5 Å². The monoisotopic (exact) mass is 507 g/mol. The molecule has 186 valence electrons. The summed E-state index contributed by atoms with van der Waals surface area (Å²) in [6.07, 6.45) is 0. The molecule has 36 heavy (non-hydrogen) atoms. The fourth-order valence-corrected chi connectivity index (χ4v) is 4.63. The van der Waals surface area contributed by atoms with Crippen LogP contribution in [0.3, 0.4) is 0 Å². The summed E-state index contributed by atoms with van der Waals surface area (Å²) in [5.41, 5.74) is 2.76. The molecule has 1 aliphatic rings. The fraction of sp³-hybridized carbons (Fsp3) is 0.214. The van der Waals surface area contributed by atoms with Crippen LogP contribution in [0, 0.1) is 13.8 Å². The molecule has 0 radical (unpaired) electrons. The lowest BCUT2D eigenvalue weighted by molar-refractivity contribution is -0.132. The van der Waals surface area contributed by atoms with Crippen LogP contribution >= 0.6 is 11.6 Å². The Morgan fingerprint density at radius 3 is 2.19 bits per heavy atom. The summed E-state index contributed by atoms with van der Waals surface area (Å²) in [4.78, 5) is 28.3. The van der Waals surface area contributed by atoms with Crippen LogP contribution in [0.15, 0.2) is 60.2 Å². The lowest BCUT2D eigenvalue weighted by Gasteiger charge is -2.27. The Morgan fingerprint density at radius 2 is 1.56 bits per heavy atom. The molecule has 1 amide bonds. The molecule has 3 aromatic rings. The first-order chi connectivity index (χ1) is 17.2. The van der Waals surface area contributed by atoms with Gasteiger partial charge in [-0.25, -0.2) is 0 Å². The predicted molar refractivity (Wildman–Crippen MR) is 138 cm³/mol. The van der Waals surface area contributed by atoms with Gasteiger partial charge >= 0.3 is 0 Å². The number of aryl methyl sites for hydroxylation is 1. The number of halogens is 1. The van der Waals surface area contributed by atoms with Crippen molar-refractivity contribution in [2.45, 2.75) is 19.9 Å². The van der Waals surface area contributed by atoms with Gasteiger partial charge in [0.1, 0.15) is 11.5 Å². The van der Waals surface area contributed by atoms with E-state index in [-0.39, 0.29) is 11.3 Å². The van der Waals surface area contributed by atoms with Crippen molar-refractivity contribution in [2.75, 3.05) is 26.2 Å². The number of methoxy groups -OCH3 is 3. The third-order valence-corrected chi connectivity index (χ3v) is 6.74. The minimum Gasteiger partial charge on any atom is -0.507 e. The predicted octanol–water partition coefficient (Wildman–Crippen LogP) is 5.61. The Balaban J connectivity index is 2.00.